The van der Waals surface area contributed by atoms with Crippen LogP contribution in [0.25, 0.3) is 22.3 Å². The zero-order valence-electron chi connectivity index (χ0n) is 21.3. The number of piperidine rings is 1. The van der Waals surface area contributed by atoms with Gasteiger partial charge in [-0.25, -0.2) is 28.7 Å². The molecule has 37 heavy (non-hydrogen) atoms. The molecule has 3 aromatic heterocycles. The minimum absolute atomic E-state index is 0.00771. The molecular weight excluding hydrogens is 476 g/mol. The molecule has 192 valence electrons. The summed E-state index contributed by atoms with van der Waals surface area (Å²) in [5.41, 5.74) is 1.60. The summed E-state index contributed by atoms with van der Waals surface area (Å²) in [5, 5.41) is 2.95. The van der Waals surface area contributed by atoms with Crippen molar-refractivity contribution in [1.82, 2.24) is 29.4 Å². The van der Waals surface area contributed by atoms with Crippen molar-refractivity contribution in [2.75, 3.05) is 25.5 Å². The number of hydrogen-bond acceptors (Lipinski definition) is 7. The zero-order valence-corrected chi connectivity index (χ0v) is 21.3. The number of nitrogens with zero attached hydrogens (tertiary/aromatic N) is 6. The summed E-state index contributed by atoms with van der Waals surface area (Å²) in [6.45, 7) is 7.58. The summed E-state index contributed by atoms with van der Waals surface area (Å²) in [6, 6.07) is 6.36. The smallest absolute Gasteiger partial charge is 0.229 e. The predicted molar refractivity (Wildman–Crippen MR) is 138 cm³/mol. The molecule has 0 radical (unpaired) electrons. The highest BCUT2D eigenvalue weighted by molar-refractivity contribution is 5.97. The van der Waals surface area contributed by atoms with Crippen LogP contribution in [0.3, 0.4) is 0 Å². The molecule has 5 rings (SSSR count). The van der Waals surface area contributed by atoms with Crippen LogP contribution in [0.2, 0.25) is 0 Å². The Morgan fingerprint density at radius 2 is 1.81 bits per heavy atom. The third-order valence-corrected chi connectivity index (χ3v) is 6.84. The SMILES string of the molecule is Cc1nc2c(F)cc(-c3nc(Nc4ccc(C(=O)C5CCN(C)CC5)cn4)ncc3F)cc2n1C(C)C. The number of Topliss-reactive ketones (excluding diaryl/α,β-unsaturated/α-hetero) is 1. The van der Waals surface area contributed by atoms with Crippen LogP contribution < -0.4 is 5.32 Å². The number of anilines is 2. The van der Waals surface area contributed by atoms with Gasteiger partial charge >= 0.3 is 0 Å². The molecule has 0 spiro atoms. The van der Waals surface area contributed by atoms with E-state index in [-0.39, 0.29) is 40.5 Å². The number of aryl methyl sites for hydroxylation is 1. The van der Waals surface area contributed by atoms with Gasteiger partial charge in [-0.15, -0.1) is 0 Å². The highest BCUT2D eigenvalue weighted by Gasteiger charge is 2.24. The number of aromatic nitrogens is 5. The van der Waals surface area contributed by atoms with Gasteiger partial charge in [0.25, 0.3) is 0 Å². The number of imidazole rings is 1. The van der Waals surface area contributed by atoms with Crippen molar-refractivity contribution < 1.29 is 13.6 Å². The van der Waals surface area contributed by atoms with Crippen LogP contribution in [0.15, 0.2) is 36.7 Å². The first-order valence-corrected chi connectivity index (χ1v) is 12.4. The number of ketones is 1. The molecule has 1 aliphatic rings. The van der Waals surface area contributed by atoms with Gasteiger partial charge < -0.3 is 14.8 Å². The Morgan fingerprint density at radius 1 is 1.05 bits per heavy atom. The van der Waals surface area contributed by atoms with Crippen LogP contribution in [0, 0.1) is 24.5 Å². The fourth-order valence-corrected chi connectivity index (χ4v) is 4.92. The second-order valence-corrected chi connectivity index (χ2v) is 9.84. The van der Waals surface area contributed by atoms with Gasteiger partial charge in [0.2, 0.25) is 5.95 Å². The van der Waals surface area contributed by atoms with Crippen LogP contribution in [0.1, 0.15) is 48.9 Å². The van der Waals surface area contributed by atoms with Gasteiger partial charge in [0.1, 0.15) is 22.9 Å². The van der Waals surface area contributed by atoms with Crippen molar-refractivity contribution in [1.29, 1.82) is 0 Å². The van der Waals surface area contributed by atoms with Gasteiger partial charge in [-0.3, -0.25) is 4.79 Å². The standard InChI is InChI=1S/C27H29F2N7O/c1-15(2)36-16(3)32-25-20(28)11-19(12-22(25)36)24-21(29)14-31-27(34-24)33-23-6-5-18(13-30-23)26(37)17-7-9-35(4)10-8-17/h5-6,11-15,17H,7-10H2,1-4H3,(H,30,31,33,34). The van der Waals surface area contributed by atoms with E-state index in [1.54, 1.807) is 18.2 Å². The number of hydrogen-bond donors (Lipinski definition) is 1. The number of carbonyl (C=O) groups excluding carboxylic acids is 1. The lowest BCUT2D eigenvalue weighted by molar-refractivity contribution is 0.0856. The summed E-state index contributed by atoms with van der Waals surface area (Å²) < 4.78 is 31.6. The normalized spacial score (nSPS) is 15.0. The maximum absolute atomic E-state index is 14.9. The number of rotatable bonds is 6. The van der Waals surface area contributed by atoms with Gasteiger partial charge in [-0.05, 0) is 78.0 Å². The number of nitrogens with one attached hydrogen (secondary N) is 1. The first-order valence-electron chi connectivity index (χ1n) is 12.4. The summed E-state index contributed by atoms with van der Waals surface area (Å²) >= 11 is 0. The lowest BCUT2D eigenvalue weighted by atomic mass is 9.89. The van der Waals surface area contributed by atoms with E-state index in [4.69, 9.17) is 0 Å². The molecule has 8 nitrogen and oxygen atoms in total. The quantitative estimate of drug-likeness (QED) is 0.355. The van der Waals surface area contributed by atoms with Crippen molar-refractivity contribution >= 4 is 28.6 Å². The van der Waals surface area contributed by atoms with Gasteiger partial charge in [-0.1, -0.05) is 0 Å². The number of likely N-dealkylation sites (tertiary alicyclic amines) is 1. The fraction of sp³-hybridized carbons (Fsp3) is 0.370. The molecule has 0 aliphatic carbocycles. The summed E-state index contributed by atoms with van der Waals surface area (Å²) in [5.74, 6) is 0.0715. The Balaban J connectivity index is 1.39. The second-order valence-electron chi connectivity index (χ2n) is 9.84. The van der Waals surface area contributed by atoms with E-state index in [9.17, 15) is 13.6 Å². The van der Waals surface area contributed by atoms with E-state index in [0.29, 0.717) is 22.7 Å². The molecule has 1 saturated heterocycles. The van der Waals surface area contributed by atoms with E-state index < -0.39 is 11.6 Å². The van der Waals surface area contributed by atoms with Crippen LogP contribution in [-0.2, 0) is 0 Å². The number of fused-ring (bicyclic) bond motifs is 1. The molecule has 0 atom stereocenters. The molecule has 0 bridgehead atoms. The highest BCUT2D eigenvalue weighted by Crippen LogP contribution is 2.30. The van der Waals surface area contributed by atoms with Gasteiger partial charge in [0.05, 0.1) is 11.7 Å². The van der Waals surface area contributed by atoms with Crippen LogP contribution in [0.5, 0.6) is 0 Å². The Bertz CT molecular complexity index is 1460. The topological polar surface area (TPSA) is 88.8 Å². The molecule has 0 unspecified atom stereocenters. The predicted octanol–water partition coefficient (Wildman–Crippen LogP) is 5.32. The first-order chi connectivity index (χ1) is 17.7. The third-order valence-electron chi connectivity index (χ3n) is 6.84. The zero-order chi connectivity index (χ0) is 26.3. The fourth-order valence-electron chi connectivity index (χ4n) is 4.92. The summed E-state index contributed by atoms with van der Waals surface area (Å²) in [7, 11) is 2.06. The van der Waals surface area contributed by atoms with Gasteiger partial charge in [0.15, 0.2) is 17.4 Å². The van der Waals surface area contributed by atoms with E-state index in [1.807, 2.05) is 25.3 Å². The average molecular weight is 506 g/mol. The summed E-state index contributed by atoms with van der Waals surface area (Å²) in [6.07, 6.45) is 4.25. The first kappa shape index (κ1) is 24.9. The van der Waals surface area contributed by atoms with E-state index in [0.717, 1.165) is 32.1 Å². The third kappa shape index (κ3) is 4.93. The monoisotopic (exact) mass is 505 g/mol. The van der Waals surface area contributed by atoms with Gasteiger partial charge in [0, 0.05) is 29.3 Å². The molecule has 1 aromatic carbocycles. The van der Waals surface area contributed by atoms with E-state index >= 15 is 0 Å². The highest BCUT2D eigenvalue weighted by atomic mass is 19.1. The van der Waals surface area contributed by atoms with Crippen molar-refractivity contribution in [2.24, 2.45) is 5.92 Å². The molecule has 1 N–H and O–H groups in total. The van der Waals surface area contributed by atoms with Crippen molar-refractivity contribution in [3.05, 3.63) is 59.7 Å². The minimum Gasteiger partial charge on any atom is -0.326 e. The lowest BCUT2D eigenvalue weighted by Gasteiger charge is -2.27. The molecule has 1 aliphatic heterocycles. The summed E-state index contributed by atoms with van der Waals surface area (Å²) in [4.78, 5) is 32.0. The van der Waals surface area contributed by atoms with Crippen LogP contribution in [-0.4, -0.2) is 55.3 Å². The Morgan fingerprint density at radius 3 is 2.49 bits per heavy atom. The molecule has 10 heteroatoms. The maximum atomic E-state index is 14.9. The van der Waals surface area contributed by atoms with Crippen molar-refractivity contribution in [3.8, 4) is 11.3 Å². The number of halogens is 2. The van der Waals surface area contributed by atoms with Crippen LogP contribution >= 0.6 is 0 Å². The number of carbonyl (C=O) groups is 1. The minimum atomic E-state index is -0.677. The largest absolute Gasteiger partial charge is 0.326 e. The molecule has 1 fully saturated rings. The lowest BCUT2D eigenvalue weighted by Crippen LogP contribution is -2.33. The van der Waals surface area contributed by atoms with E-state index in [2.05, 4.69) is 37.2 Å². The van der Waals surface area contributed by atoms with Crippen LogP contribution in [0.4, 0.5) is 20.5 Å². The van der Waals surface area contributed by atoms with E-state index in [1.165, 1.54) is 12.3 Å². The molecule has 4 heterocycles. The maximum Gasteiger partial charge on any atom is 0.229 e. The molecule has 0 saturated carbocycles. The Kier molecular flexibility index (Phi) is 6.68. The average Bonchev–Trinajstić information content (AvgIpc) is 3.22. The Labute approximate surface area is 213 Å². The number of benzene rings is 1. The molecular formula is C27H29F2N7O. The van der Waals surface area contributed by atoms with Gasteiger partial charge in [-0.2, -0.15) is 0 Å². The van der Waals surface area contributed by atoms with Crippen molar-refractivity contribution in [3.63, 3.8) is 0 Å². The Hall–Kier alpha value is -3.79. The second kappa shape index (κ2) is 9.93. The van der Waals surface area contributed by atoms with Crippen molar-refractivity contribution in [2.45, 2.75) is 39.7 Å². The number of pyridine rings is 1. The molecule has 0 amide bonds. The molecule has 4 aromatic rings.